The first-order valence-corrected chi connectivity index (χ1v) is 10.9. The van der Waals surface area contributed by atoms with E-state index in [0.29, 0.717) is 5.52 Å². The molecule has 4 aromatic rings. The molecular formula is C22H18BrNO3S. The first-order chi connectivity index (χ1) is 13.4. The Kier molecular flexibility index (Phi) is 4.77. The standard InChI is InChI=1S/C22H18BrNO3S/c1-15-6-9-19(10-7-15)28(25,26)24-14-21(16-4-3-5-18(12-16)27-2)20-13-17(23)8-11-22(20)24/h3-14H,1-2H3. The fourth-order valence-electron chi connectivity index (χ4n) is 3.22. The van der Waals surface area contributed by atoms with E-state index < -0.39 is 10.0 Å². The van der Waals surface area contributed by atoms with E-state index in [2.05, 4.69) is 15.9 Å². The second-order valence-electron chi connectivity index (χ2n) is 6.55. The number of methoxy groups -OCH3 is 1. The Labute approximate surface area is 172 Å². The minimum absolute atomic E-state index is 0.259. The predicted molar refractivity (Wildman–Crippen MR) is 115 cm³/mol. The van der Waals surface area contributed by atoms with Crippen molar-refractivity contribution in [1.29, 1.82) is 0 Å². The van der Waals surface area contributed by atoms with Gasteiger partial charge in [-0.2, -0.15) is 0 Å². The molecule has 0 radical (unpaired) electrons. The van der Waals surface area contributed by atoms with Crippen molar-refractivity contribution in [2.45, 2.75) is 11.8 Å². The Balaban J connectivity index is 1.99. The molecule has 3 aromatic carbocycles. The van der Waals surface area contributed by atoms with Crippen molar-refractivity contribution < 1.29 is 13.2 Å². The Hall–Kier alpha value is -2.57. The quantitative estimate of drug-likeness (QED) is 0.400. The molecule has 0 fully saturated rings. The zero-order chi connectivity index (χ0) is 19.9. The van der Waals surface area contributed by atoms with Gasteiger partial charge in [0.25, 0.3) is 10.0 Å². The summed E-state index contributed by atoms with van der Waals surface area (Å²) in [6.07, 6.45) is 1.68. The first-order valence-electron chi connectivity index (χ1n) is 8.67. The van der Waals surface area contributed by atoms with Gasteiger partial charge >= 0.3 is 0 Å². The summed E-state index contributed by atoms with van der Waals surface area (Å²) in [6.45, 7) is 1.93. The molecule has 0 saturated carbocycles. The van der Waals surface area contributed by atoms with Crippen LogP contribution in [0.15, 0.2) is 82.3 Å². The van der Waals surface area contributed by atoms with Crippen LogP contribution in [0.2, 0.25) is 0 Å². The van der Waals surface area contributed by atoms with Gasteiger partial charge in [0, 0.05) is 21.6 Å². The van der Waals surface area contributed by atoms with Gasteiger partial charge in [-0.1, -0.05) is 45.8 Å². The van der Waals surface area contributed by atoms with Crippen LogP contribution < -0.4 is 4.74 Å². The fourth-order valence-corrected chi connectivity index (χ4v) is 4.95. The lowest BCUT2D eigenvalue weighted by Gasteiger charge is -2.08. The maximum Gasteiger partial charge on any atom is 0.268 e. The third-order valence-corrected chi connectivity index (χ3v) is 6.87. The highest BCUT2D eigenvalue weighted by atomic mass is 79.9. The van der Waals surface area contributed by atoms with Gasteiger partial charge in [0.05, 0.1) is 17.5 Å². The van der Waals surface area contributed by atoms with Crippen LogP contribution in [0.1, 0.15) is 5.56 Å². The number of halogens is 1. The zero-order valence-electron chi connectivity index (χ0n) is 15.4. The summed E-state index contributed by atoms with van der Waals surface area (Å²) >= 11 is 3.50. The van der Waals surface area contributed by atoms with E-state index in [1.807, 2.05) is 49.4 Å². The van der Waals surface area contributed by atoms with Gasteiger partial charge in [-0.25, -0.2) is 12.4 Å². The smallest absolute Gasteiger partial charge is 0.268 e. The normalized spacial score (nSPS) is 11.7. The van der Waals surface area contributed by atoms with Crippen molar-refractivity contribution in [1.82, 2.24) is 3.97 Å². The van der Waals surface area contributed by atoms with Crippen molar-refractivity contribution in [3.63, 3.8) is 0 Å². The summed E-state index contributed by atoms with van der Waals surface area (Å²) in [5, 5.41) is 0.846. The minimum atomic E-state index is -3.73. The second kappa shape index (κ2) is 7.11. The van der Waals surface area contributed by atoms with E-state index in [0.717, 1.165) is 32.3 Å². The molecule has 6 heteroatoms. The van der Waals surface area contributed by atoms with Gasteiger partial charge in [0.2, 0.25) is 0 Å². The van der Waals surface area contributed by atoms with Crippen LogP contribution in [-0.2, 0) is 10.0 Å². The van der Waals surface area contributed by atoms with Gasteiger partial charge in [-0.3, -0.25) is 0 Å². The molecule has 0 aliphatic carbocycles. The fraction of sp³-hybridized carbons (Fsp3) is 0.0909. The average molecular weight is 456 g/mol. The molecule has 0 bridgehead atoms. The Morgan fingerprint density at radius 2 is 1.71 bits per heavy atom. The number of fused-ring (bicyclic) bond motifs is 1. The predicted octanol–water partition coefficient (Wildman–Crippen LogP) is 5.62. The molecule has 0 unspecified atom stereocenters. The maximum atomic E-state index is 13.3. The van der Waals surface area contributed by atoms with E-state index in [1.54, 1.807) is 37.6 Å². The highest BCUT2D eigenvalue weighted by Crippen LogP contribution is 2.35. The van der Waals surface area contributed by atoms with E-state index >= 15 is 0 Å². The SMILES string of the molecule is COc1cccc(-c2cn(S(=O)(=O)c3ccc(C)cc3)c3ccc(Br)cc23)c1. The van der Waals surface area contributed by atoms with Crippen molar-refractivity contribution >= 4 is 36.9 Å². The lowest BCUT2D eigenvalue weighted by Crippen LogP contribution is -2.11. The number of rotatable bonds is 4. The van der Waals surface area contributed by atoms with Gasteiger partial charge < -0.3 is 4.74 Å². The highest BCUT2D eigenvalue weighted by Gasteiger charge is 2.22. The monoisotopic (exact) mass is 455 g/mol. The summed E-state index contributed by atoms with van der Waals surface area (Å²) < 4.78 is 34.2. The van der Waals surface area contributed by atoms with Crippen LogP contribution in [0, 0.1) is 6.92 Å². The lowest BCUT2D eigenvalue weighted by atomic mass is 10.0. The summed E-state index contributed by atoms with van der Waals surface area (Å²) in [7, 11) is -2.12. The maximum absolute atomic E-state index is 13.3. The van der Waals surface area contributed by atoms with Crippen LogP contribution >= 0.6 is 15.9 Å². The molecule has 142 valence electrons. The van der Waals surface area contributed by atoms with E-state index in [-0.39, 0.29) is 4.90 Å². The Morgan fingerprint density at radius 1 is 0.964 bits per heavy atom. The summed E-state index contributed by atoms with van der Waals surface area (Å²) in [5.41, 5.74) is 3.35. The van der Waals surface area contributed by atoms with E-state index in [4.69, 9.17) is 4.74 Å². The molecule has 1 aromatic heterocycles. The number of ether oxygens (including phenoxy) is 1. The third-order valence-electron chi connectivity index (χ3n) is 4.69. The van der Waals surface area contributed by atoms with Gasteiger partial charge in [0.1, 0.15) is 5.75 Å². The molecule has 0 aliphatic heterocycles. The number of nitrogens with zero attached hydrogens (tertiary/aromatic N) is 1. The molecule has 4 rings (SSSR count). The molecule has 1 heterocycles. The second-order valence-corrected chi connectivity index (χ2v) is 9.28. The summed E-state index contributed by atoms with van der Waals surface area (Å²) in [6, 6.07) is 20.1. The number of hydrogen-bond donors (Lipinski definition) is 0. The number of aryl methyl sites for hydroxylation is 1. The van der Waals surface area contributed by atoms with Crippen LogP contribution in [0.3, 0.4) is 0 Å². The molecule has 4 nitrogen and oxygen atoms in total. The van der Waals surface area contributed by atoms with Crippen molar-refractivity contribution in [3.05, 3.63) is 83.0 Å². The molecule has 28 heavy (non-hydrogen) atoms. The molecular weight excluding hydrogens is 438 g/mol. The topological polar surface area (TPSA) is 48.3 Å². The lowest BCUT2D eigenvalue weighted by molar-refractivity contribution is 0.415. The van der Waals surface area contributed by atoms with Gasteiger partial charge in [0.15, 0.2) is 0 Å². The van der Waals surface area contributed by atoms with Gasteiger partial charge in [-0.05, 0) is 55.0 Å². The van der Waals surface area contributed by atoms with Crippen molar-refractivity contribution in [2.75, 3.05) is 7.11 Å². The zero-order valence-corrected chi connectivity index (χ0v) is 17.8. The minimum Gasteiger partial charge on any atom is -0.497 e. The first kappa shape index (κ1) is 18.8. The number of benzene rings is 3. The number of hydrogen-bond acceptors (Lipinski definition) is 3. The van der Waals surface area contributed by atoms with Crippen LogP contribution in [-0.4, -0.2) is 19.5 Å². The molecule has 0 saturated heterocycles. The average Bonchev–Trinajstić information content (AvgIpc) is 3.08. The summed E-state index contributed by atoms with van der Waals surface area (Å²) in [4.78, 5) is 0.259. The van der Waals surface area contributed by atoms with E-state index in [9.17, 15) is 8.42 Å². The van der Waals surface area contributed by atoms with Gasteiger partial charge in [-0.15, -0.1) is 0 Å². The molecule has 0 amide bonds. The molecule has 0 spiro atoms. The molecule has 0 aliphatic rings. The van der Waals surface area contributed by atoms with Crippen molar-refractivity contribution in [3.8, 4) is 16.9 Å². The van der Waals surface area contributed by atoms with Crippen molar-refractivity contribution in [2.24, 2.45) is 0 Å². The largest absolute Gasteiger partial charge is 0.497 e. The Morgan fingerprint density at radius 3 is 2.43 bits per heavy atom. The van der Waals surface area contributed by atoms with E-state index in [1.165, 1.54) is 3.97 Å². The van der Waals surface area contributed by atoms with Crippen LogP contribution in [0.5, 0.6) is 5.75 Å². The number of aromatic nitrogens is 1. The highest BCUT2D eigenvalue weighted by molar-refractivity contribution is 9.10. The third kappa shape index (κ3) is 3.23. The van der Waals surface area contributed by atoms with Crippen LogP contribution in [0.25, 0.3) is 22.0 Å². The summed E-state index contributed by atoms with van der Waals surface area (Å²) in [5.74, 6) is 0.717. The molecule has 0 N–H and O–H groups in total. The Bertz CT molecular complexity index is 1280. The van der Waals surface area contributed by atoms with Crippen LogP contribution in [0.4, 0.5) is 0 Å². The molecule has 0 atom stereocenters.